The fourth-order valence-corrected chi connectivity index (χ4v) is 1.84. The van der Waals surface area contributed by atoms with Crippen molar-refractivity contribution < 1.29 is 9.63 Å². The van der Waals surface area contributed by atoms with Crippen LogP contribution in [-0.2, 0) is 12.8 Å². The van der Waals surface area contributed by atoms with Gasteiger partial charge in [0, 0.05) is 10.9 Å². The summed E-state index contributed by atoms with van der Waals surface area (Å²) in [6.45, 7) is 1.92. The van der Waals surface area contributed by atoms with Crippen molar-refractivity contribution in [3.05, 3.63) is 46.0 Å². The van der Waals surface area contributed by atoms with E-state index in [-0.39, 0.29) is 0 Å². The van der Waals surface area contributed by atoms with Crippen molar-refractivity contribution in [3.8, 4) is 0 Å². The average Bonchev–Trinajstić information content (AvgIpc) is 2.79. The van der Waals surface area contributed by atoms with Crippen molar-refractivity contribution in [1.29, 1.82) is 0 Å². The number of benzene rings is 1. The molecule has 0 fully saturated rings. The van der Waals surface area contributed by atoms with E-state index in [0.717, 1.165) is 10.0 Å². The number of aliphatic hydroxyl groups excluding tert-OH is 1. The van der Waals surface area contributed by atoms with Gasteiger partial charge < -0.3 is 9.63 Å². The summed E-state index contributed by atoms with van der Waals surface area (Å²) in [5.41, 5.74) is 1.13. The lowest BCUT2D eigenvalue weighted by Gasteiger charge is -2.01. The molecule has 0 saturated heterocycles. The quantitative estimate of drug-likeness (QED) is 0.922. The van der Waals surface area contributed by atoms with Crippen LogP contribution < -0.4 is 0 Å². The first-order valence-electron chi connectivity index (χ1n) is 5.91. The lowest BCUT2D eigenvalue weighted by molar-refractivity contribution is 0.158. The first kappa shape index (κ1) is 13.2. The minimum absolute atomic E-state index is 0.411. The van der Waals surface area contributed by atoms with Crippen LogP contribution in [0.1, 0.15) is 30.6 Å². The molecular formula is C13H15BrN2O2. The van der Waals surface area contributed by atoms with Crippen LogP contribution in [0.5, 0.6) is 0 Å². The van der Waals surface area contributed by atoms with Gasteiger partial charge in [-0.25, -0.2) is 0 Å². The predicted molar refractivity (Wildman–Crippen MR) is 71.2 cm³/mol. The van der Waals surface area contributed by atoms with Crippen molar-refractivity contribution >= 4 is 15.9 Å². The fraction of sp³-hybridized carbons (Fsp3) is 0.385. The van der Waals surface area contributed by atoms with Gasteiger partial charge in [-0.3, -0.25) is 0 Å². The molecule has 5 heteroatoms. The van der Waals surface area contributed by atoms with E-state index in [0.29, 0.717) is 31.0 Å². The molecule has 1 atom stereocenters. The molecular weight excluding hydrogens is 296 g/mol. The summed E-state index contributed by atoms with van der Waals surface area (Å²) < 4.78 is 6.15. The number of hydrogen-bond acceptors (Lipinski definition) is 4. The maximum atomic E-state index is 9.51. The molecule has 0 amide bonds. The van der Waals surface area contributed by atoms with Gasteiger partial charge in [0.25, 0.3) is 0 Å². The third-order valence-corrected chi connectivity index (χ3v) is 3.20. The standard InChI is InChI=1S/C13H15BrN2O2/c1-2-11(17)8-13-15-12(16-18-13)7-9-3-5-10(14)6-4-9/h3-6,11,17H,2,7-8H2,1H3. The SMILES string of the molecule is CCC(O)Cc1nc(Cc2ccc(Br)cc2)no1. The molecule has 0 aliphatic carbocycles. The van der Waals surface area contributed by atoms with Crippen LogP contribution in [0.25, 0.3) is 0 Å². The fourth-order valence-electron chi connectivity index (χ4n) is 1.58. The summed E-state index contributed by atoms with van der Waals surface area (Å²) in [4.78, 5) is 4.27. The van der Waals surface area contributed by atoms with E-state index < -0.39 is 6.10 Å². The Morgan fingerprint density at radius 2 is 2.06 bits per heavy atom. The molecule has 1 unspecified atom stereocenters. The van der Waals surface area contributed by atoms with E-state index in [2.05, 4.69) is 26.1 Å². The Labute approximate surface area is 114 Å². The number of hydrogen-bond donors (Lipinski definition) is 1. The minimum Gasteiger partial charge on any atom is -0.393 e. The average molecular weight is 311 g/mol. The van der Waals surface area contributed by atoms with Gasteiger partial charge >= 0.3 is 0 Å². The van der Waals surface area contributed by atoms with Gasteiger partial charge in [0.2, 0.25) is 5.89 Å². The molecule has 1 heterocycles. The van der Waals surface area contributed by atoms with E-state index in [1.165, 1.54) is 0 Å². The Balaban J connectivity index is 2.00. The summed E-state index contributed by atoms with van der Waals surface area (Å²) in [6.07, 6.45) is 1.33. The van der Waals surface area contributed by atoms with Crippen LogP contribution in [-0.4, -0.2) is 21.4 Å². The molecule has 0 saturated carbocycles. The Kier molecular flexibility index (Phi) is 4.49. The molecule has 0 aliphatic heterocycles. The maximum absolute atomic E-state index is 9.51. The molecule has 18 heavy (non-hydrogen) atoms. The number of nitrogens with zero attached hydrogens (tertiary/aromatic N) is 2. The molecule has 4 nitrogen and oxygen atoms in total. The maximum Gasteiger partial charge on any atom is 0.229 e. The normalized spacial score (nSPS) is 12.6. The second-order valence-corrected chi connectivity index (χ2v) is 5.09. The van der Waals surface area contributed by atoms with E-state index >= 15 is 0 Å². The van der Waals surface area contributed by atoms with Gasteiger partial charge in [-0.05, 0) is 24.1 Å². The Bertz CT molecular complexity index is 496. The van der Waals surface area contributed by atoms with E-state index in [9.17, 15) is 5.11 Å². The summed E-state index contributed by atoms with van der Waals surface area (Å²) in [6, 6.07) is 8.00. The summed E-state index contributed by atoms with van der Waals surface area (Å²) in [5, 5.41) is 13.4. The Morgan fingerprint density at radius 3 is 2.72 bits per heavy atom. The zero-order valence-electron chi connectivity index (χ0n) is 10.1. The van der Waals surface area contributed by atoms with Crippen LogP contribution in [0.3, 0.4) is 0 Å². The number of aliphatic hydroxyl groups is 1. The minimum atomic E-state index is -0.411. The number of halogens is 1. The second kappa shape index (κ2) is 6.11. The van der Waals surface area contributed by atoms with Crippen LogP contribution in [0.15, 0.2) is 33.3 Å². The second-order valence-electron chi connectivity index (χ2n) is 4.17. The third kappa shape index (κ3) is 3.65. The monoisotopic (exact) mass is 310 g/mol. The van der Waals surface area contributed by atoms with E-state index in [4.69, 9.17) is 4.52 Å². The largest absolute Gasteiger partial charge is 0.393 e. The van der Waals surface area contributed by atoms with Gasteiger partial charge in [0.15, 0.2) is 5.82 Å². The molecule has 0 bridgehead atoms. The molecule has 96 valence electrons. The molecule has 2 aromatic rings. The van der Waals surface area contributed by atoms with E-state index in [1.54, 1.807) is 0 Å². The van der Waals surface area contributed by atoms with Gasteiger partial charge in [-0.2, -0.15) is 4.98 Å². The summed E-state index contributed by atoms with van der Waals surface area (Å²) in [5.74, 6) is 1.15. The van der Waals surface area contributed by atoms with Crippen LogP contribution >= 0.6 is 15.9 Å². The zero-order valence-corrected chi connectivity index (χ0v) is 11.7. The van der Waals surface area contributed by atoms with Gasteiger partial charge in [0.1, 0.15) is 0 Å². The topological polar surface area (TPSA) is 59.2 Å². The highest BCUT2D eigenvalue weighted by Gasteiger charge is 2.11. The summed E-state index contributed by atoms with van der Waals surface area (Å²) >= 11 is 3.39. The molecule has 1 aromatic carbocycles. The third-order valence-electron chi connectivity index (χ3n) is 2.67. The van der Waals surface area contributed by atoms with Crippen molar-refractivity contribution in [1.82, 2.24) is 10.1 Å². The molecule has 1 N–H and O–H groups in total. The van der Waals surface area contributed by atoms with Gasteiger partial charge in [-0.15, -0.1) is 0 Å². The van der Waals surface area contributed by atoms with Gasteiger partial charge in [-0.1, -0.05) is 40.1 Å². The van der Waals surface area contributed by atoms with Crippen LogP contribution in [0.2, 0.25) is 0 Å². The van der Waals surface area contributed by atoms with Crippen LogP contribution in [0, 0.1) is 0 Å². The molecule has 0 aliphatic rings. The molecule has 2 rings (SSSR count). The highest BCUT2D eigenvalue weighted by Crippen LogP contribution is 2.13. The van der Waals surface area contributed by atoms with Gasteiger partial charge in [0.05, 0.1) is 12.5 Å². The highest BCUT2D eigenvalue weighted by molar-refractivity contribution is 9.10. The van der Waals surface area contributed by atoms with Crippen LogP contribution in [0.4, 0.5) is 0 Å². The number of rotatable bonds is 5. The van der Waals surface area contributed by atoms with Crippen molar-refractivity contribution in [3.63, 3.8) is 0 Å². The first-order valence-corrected chi connectivity index (χ1v) is 6.70. The predicted octanol–water partition coefficient (Wildman–Crippen LogP) is 2.74. The summed E-state index contributed by atoms with van der Waals surface area (Å²) in [7, 11) is 0. The lowest BCUT2D eigenvalue weighted by atomic mass is 10.1. The molecule has 1 aromatic heterocycles. The Hall–Kier alpha value is -1.20. The van der Waals surface area contributed by atoms with Crippen molar-refractivity contribution in [2.75, 3.05) is 0 Å². The molecule has 0 spiro atoms. The van der Waals surface area contributed by atoms with Crippen molar-refractivity contribution in [2.24, 2.45) is 0 Å². The molecule has 0 radical (unpaired) electrons. The number of aromatic nitrogens is 2. The zero-order chi connectivity index (χ0) is 13.0. The van der Waals surface area contributed by atoms with Crippen molar-refractivity contribution in [2.45, 2.75) is 32.3 Å². The Morgan fingerprint density at radius 1 is 1.33 bits per heavy atom. The first-order chi connectivity index (χ1) is 8.67. The smallest absolute Gasteiger partial charge is 0.229 e. The lowest BCUT2D eigenvalue weighted by Crippen LogP contribution is -2.08. The highest BCUT2D eigenvalue weighted by atomic mass is 79.9. The van der Waals surface area contributed by atoms with E-state index in [1.807, 2.05) is 31.2 Å².